The number of hydrogen-bond donors (Lipinski definition) is 1. The number of ketones is 2. The van der Waals surface area contributed by atoms with Crippen LogP contribution in [0.4, 0.5) is 0 Å². The molecule has 0 aromatic heterocycles. The van der Waals surface area contributed by atoms with Gasteiger partial charge in [-0.3, -0.25) is 9.59 Å². The Balaban J connectivity index is 2.23. The van der Waals surface area contributed by atoms with Gasteiger partial charge in [-0.2, -0.15) is 0 Å². The zero-order valence-corrected chi connectivity index (χ0v) is 9.48. The maximum atomic E-state index is 11.3. The van der Waals surface area contributed by atoms with Crippen LogP contribution in [0.1, 0.15) is 35.2 Å². The van der Waals surface area contributed by atoms with Gasteiger partial charge in [0.15, 0.2) is 11.6 Å². The first-order valence-electron chi connectivity index (χ1n) is 5.68. The van der Waals surface area contributed by atoms with Crippen molar-refractivity contribution in [2.75, 3.05) is 6.61 Å². The highest BCUT2D eigenvalue weighted by Crippen LogP contribution is 2.25. The third kappa shape index (κ3) is 2.68. The summed E-state index contributed by atoms with van der Waals surface area (Å²) in [6.45, 7) is -0.472. The average molecular weight is 230 g/mol. The molecule has 0 spiro atoms. The molecular weight excluding hydrogens is 216 g/mol. The molecule has 0 saturated heterocycles. The summed E-state index contributed by atoms with van der Waals surface area (Å²) in [4.78, 5) is 22.5. The van der Waals surface area contributed by atoms with Gasteiger partial charge in [0.1, 0.15) is 6.61 Å². The van der Waals surface area contributed by atoms with E-state index in [1.807, 2.05) is 12.1 Å². The van der Waals surface area contributed by atoms with Crippen LogP contribution in [0.25, 0.3) is 5.57 Å². The van der Waals surface area contributed by atoms with Gasteiger partial charge in [-0.1, -0.05) is 24.3 Å². The van der Waals surface area contributed by atoms with Crippen molar-refractivity contribution in [3.05, 3.63) is 41.5 Å². The number of carbonyl (C=O) groups is 2. The van der Waals surface area contributed by atoms with Crippen LogP contribution >= 0.6 is 0 Å². The van der Waals surface area contributed by atoms with Crippen LogP contribution in [-0.4, -0.2) is 23.3 Å². The van der Waals surface area contributed by atoms with Crippen molar-refractivity contribution < 1.29 is 14.7 Å². The Morgan fingerprint density at radius 1 is 1.18 bits per heavy atom. The lowest BCUT2D eigenvalue weighted by molar-refractivity contribution is -0.114. The van der Waals surface area contributed by atoms with Crippen molar-refractivity contribution in [3.8, 4) is 0 Å². The minimum atomic E-state index is -0.472. The van der Waals surface area contributed by atoms with Gasteiger partial charge in [0.05, 0.1) is 0 Å². The van der Waals surface area contributed by atoms with Crippen molar-refractivity contribution in [3.63, 3.8) is 0 Å². The molecule has 0 unspecified atom stereocenters. The summed E-state index contributed by atoms with van der Waals surface area (Å²) in [5.74, 6) is -0.119. The number of aliphatic hydroxyl groups is 1. The van der Waals surface area contributed by atoms with E-state index in [-0.39, 0.29) is 11.6 Å². The molecule has 1 aliphatic rings. The summed E-state index contributed by atoms with van der Waals surface area (Å²) in [6, 6.07) is 7.03. The Hall–Kier alpha value is -1.74. The first kappa shape index (κ1) is 11.7. The maximum Gasteiger partial charge on any atom is 0.188 e. The summed E-state index contributed by atoms with van der Waals surface area (Å²) in [5, 5.41) is 8.74. The minimum absolute atomic E-state index is 0.168. The van der Waals surface area contributed by atoms with Crippen LogP contribution in [0.2, 0.25) is 0 Å². The SMILES string of the molecule is O=C1C=C(c2ccc(C(=O)CO)cc2)CCC1. The lowest BCUT2D eigenvalue weighted by atomic mass is 9.92. The third-order valence-corrected chi connectivity index (χ3v) is 2.93. The Kier molecular flexibility index (Phi) is 3.49. The predicted molar refractivity (Wildman–Crippen MR) is 64.7 cm³/mol. The topological polar surface area (TPSA) is 54.4 Å². The second-order valence-corrected chi connectivity index (χ2v) is 4.15. The number of aliphatic hydroxyl groups excluding tert-OH is 1. The average Bonchev–Trinajstić information content (AvgIpc) is 2.38. The van der Waals surface area contributed by atoms with E-state index in [2.05, 4.69) is 0 Å². The van der Waals surface area contributed by atoms with Crippen molar-refractivity contribution in [1.82, 2.24) is 0 Å². The number of hydrogen-bond acceptors (Lipinski definition) is 3. The number of rotatable bonds is 3. The van der Waals surface area contributed by atoms with Crippen molar-refractivity contribution >= 4 is 17.1 Å². The first-order valence-corrected chi connectivity index (χ1v) is 5.68. The van der Waals surface area contributed by atoms with E-state index in [0.717, 1.165) is 24.0 Å². The summed E-state index contributed by atoms with van der Waals surface area (Å²) >= 11 is 0. The van der Waals surface area contributed by atoms with Crippen LogP contribution in [-0.2, 0) is 4.79 Å². The Labute approximate surface area is 99.8 Å². The fraction of sp³-hybridized carbons (Fsp3) is 0.286. The molecule has 1 N–H and O–H groups in total. The molecule has 0 heterocycles. The quantitative estimate of drug-likeness (QED) is 0.808. The molecule has 0 fully saturated rings. The van der Waals surface area contributed by atoms with Gasteiger partial charge < -0.3 is 5.11 Å². The Morgan fingerprint density at radius 2 is 1.88 bits per heavy atom. The van der Waals surface area contributed by atoms with Crippen LogP contribution in [0.15, 0.2) is 30.3 Å². The molecule has 3 heteroatoms. The van der Waals surface area contributed by atoms with E-state index in [9.17, 15) is 9.59 Å². The minimum Gasteiger partial charge on any atom is -0.388 e. The van der Waals surface area contributed by atoms with Crippen molar-refractivity contribution in [2.45, 2.75) is 19.3 Å². The number of benzene rings is 1. The molecule has 0 radical (unpaired) electrons. The van der Waals surface area contributed by atoms with E-state index in [1.54, 1.807) is 18.2 Å². The molecule has 0 atom stereocenters. The molecule has 3 nitrogen and oxygen atoms in total. The largest absolute Gasteiger partial charge is 0.388 e. The van der Waals surface area contributed by atoms with Gasteiger partial charge in [0.25, 0.3) is 0 Å². The van der Waals surface area contributed by atoms with Gasteiger partial charge in [0.2, 0.25) is 0 Å². The molecular formula is C14H14O3. The van der Waals surface area contributed by atoms with Gasteiger partial charge >= 0.3 is 0 Å². The molecule has 0 aliphatic heterocycles. The molecule has 2 rings (SSSR count). The Morgan fingerprint density at radius 3 is 2.47 bits per heavy atom. The summed E-state index contributed by atoms with van der Waals surface area (Å²) in [5.41, 5.74) is 2.51. The highest BCUT2D eigenvalue weighted by molar-refractivity contribution is 5.99. The zero-order chi connectivity index (χ0) is 12.3. The van der Waals surface area contributed by atoms with Gasteiger partial charge in [0, 0.05) is 12.0 Å². The van der Waals surface area contributed by atoms with Gasteiger partial charge in [-0.25, -0.2) is 0 Å². The molecule has 0 bridgehead atoms. The summed E-state index contributed by atoms with van der Waals surface area (Å²) in [7, 11) is 0. The molecule has 1 aromatic rings. The third-order valence-electron chi connectivity index (χ3n) is 2.93. The number of Topliss-reactive ketones (excluding diaryl/α,β-unsaturated/α-hetero) is 1. The molecule has 1 aromatic carbocycles. The van der Waals surface area contributed by atoms with E-state index in [4.69, 9.17) is 5.11 Å². The van der Waals surface area contributed by atoms with E-state index in [0.29, 0.717) is 12.0 Å². The van der Waals surface area contributed by atoms with E-state index >= 15 is 0 Å². The Bertz CT molecular complexity index is 469. The van der Waals surface area contributed by atoms with Crippen LogP contribution in [0, 0.1) is 0 Å². The van der Waals surface area contributed by atoms with E-state index in [1.165, 1.54) is 0 Å². The standard InChI is InChI=1S/C14H14O3/c15-9-14(17)11-6-4-10(5-7-11)12-2-1-3-13(16)8-12/h4-8,15H,1-3,9H2. The summed E-state index contributed by atoms with van der Waals surface area (Å²) < 4.78 is 0. The highest BCUT2D eigenvalue weighted by Gasteiger charge is 2.12. The normalized spacial score (nSPS) is 15.6. The lowest BCUT2D eigenvalue weighted by Crippen LogP contribution is -2.05. The molecule has 88 valence electrons. The van der Waals surface area contributed by atoms with Gasteiger partial charge in [-0.05, 0) is 30.1 Å². The fourth-order valence-corrected chi connectivity index (χ4v) is 1.98. The number of carbonyl (C=O) groups excluding carboxylic acids is 2. The lowest BCUT2D eigenvalue weighted by Gasteiger charge is -2.12. The number of allylic oxidation sites excluding steroid dienone is 2. The fourth-order valence-electron chi connectivity index (χ4n) is 1.98. The zero-order valence-electron chi connectivity index (χ0n) is 9.48. The second-order valence-electron chi connectivity index (χ2n) is 4.15. The second kappa shape index (κ2) is 5.06. The van der Waals surface area contributed by atoms with Crippen LogP contribution in [0.3, 0.4) is 0 Å². The van der Waals surface area contributed by atoms with Gasteiger partial charge in [-0.15, -0.1) is 0 Å². The molecule has 0 amide bonds. The molecule has 17 heavy (non-hydrogen) atoms. The summed E-state index contributed by atoms with van der Waals surface area (Å²) in [6.07, 6.45) is 4.11. The van der Waals surface area contributed by atoms with Crippen LogP contribution < -0.4 is 0 Å². The molecule has 1 aliphatic carbocycles. The van der Waals surface area contributed by atoms with Crippen molar-refractivity contribution in [2.24, 2.45) is 0 Å². The molecule has 0 saturated carbocycles. The maximum absolute atomic E-state index is 11.3. The van der Waals surface area contributed by atoms with Crippen LogP contribution in [0.5, 0.6) is 0 Å². The monoisotopic (exact) mass is 230 g/mol. The first-order chi connectivity index (χ1) is 8.20. The smallest absolute Gasteiger partial charge is 0.188 e. The predicted octanol–water partition coefficient (Wildman–Crippen LogP) is 2.00. The van der Waals surface area contributed by atoms with E-state index < -0.39 is 6.61 Å². The highest BCUT2D eigenvalue weighted by atomic mass is 16.3. The van der Waals surface area contributed by atoms with Crippen molar-refractivity contribution in [1.29, 1.82) is 0 Å².